The molecule has 0 bridgehead atoms. The average Bonchev–Trinajstić information content (AvgIpc) is 2.34. The van der Waals surface area contributed by atoms with E-state index in [2.05, 4.69) is 4.99 Å². The van der Waals surface area contributed by atoms with Crippen molar-refractivity contribution in [2.24, 2.45) is 10.9 Å². The lowest BCUT2D eigenvalue weighted by molar-refractivity contribution is -0.145. The fraction of sp³-hybridized carbons (Fsp3) is 0.429. The number of rotatable bonds is 5. The maximum atomic E-state index is 11.6. The lowest BCUT2D eigenvalue weighted by Crippen LogP contribution is -2.20. The van der Waals surface area contributed by atoms with Crippen LogP contribution in [0.3, 0.4) is 0 Å². The van der Waals surface area contributed by atoms with Gasteiger partial charge in [0.1, 0.15) is 6.04 Å². The third-order valence-corrected chi connectivity index (χ3v) is 2.47. The first kappa shape index (κ1) is 14.7. The van der Waals surface area contributed by atoms with E-state index in [1.54, 1.807) is 25.3 Å². The molecule has 1 rings (SSSR count). The van der Waals surface area contributed by atoms with Gasteiger partial charge in [-0.1, -0.05) is 37.6 Å². The highest BCUT2D eigenvalue weighted by molar-refractivity contribution is 6.30. The Balaban J connectivity index is 2.50. The second-order valence-corrected chi connectivity index (χ2v) is 4.97. The van der Waals surface area contributed by atoms with Crippen LogP contribution in [0.4, 0.5) is 0 Å². The van der Waals surface area contributed by atoms with Gasteiger partial charge in [-0.2, -0.15) is 0 Å². The molecule has 0 aromatic heterocycles. The number of carbonyl (C=O) groups is 1. The van der Waals surface area contributed by atoms with E-state index in [1.807, 2.05) is 26.0 Å². The minimum absolute atomic E-state index is 0.297. The molecule has 3 nitrogen and oxygen atoms in total. The zero-order chi connectivity index (χ0) is 13.5. The summed E-state index contributed by atoms with van der Waals surface area (Å²) in [6, 6.07) is 6.77. The summed E-state index contributed by atoms with van der Waals surface area (Å²) in [5.74, 6) is 0.0373. The van der Waals surface area contributed by atoms with Gasteiger partial charge in [0.05, 0.1) is 6.61 Å². The molecule has 1 aromatic rings. The van der Waals surface area contributed by atoms with Crippen LogP contribution >= 0.6 is 11.6 Å². The van der Waals surface area contributed by atoms with Gasteiger partial charge in [-0.05, 0) is 30.5 Å². The minimum Gasteiger partial charge on any atom is -0.464 e. The summed E-state index contributed by atoms with van der Waals surface area (Å²) in [7, 11) is 0. The summed E-state index contributed by atoms with van der Waals surface area (Å²) < 4.78 is 5.10. The van der Waals surface area contributed by atoms with Gasteiger partial charge in [0.15, 0.2) is 0 Å². The van der Waals surface area contributed by atoms with Crippen molar-refractivity contribution in [3.05, 3.63) is 34.9 Å². The molecule has 1 unspecified atom stereocenters. The highest BCUT2D eigenvalue weighted by Gasteiger charge is 2.12. The Labute approximate surface area is 113 Å². The van der Waals surface area contributed by atoms with Gasteiger partial charge in [0, 0.05) is 11.2 Å². The number of esters is 1. The van der Waals surface area contributed by atoms with Crippen LogP contribution < -0.4 is 0 Å². The first-order chi connectivity index (χ1) is 8.49. The number of halogens is 1. The average molecular weight is 268 g/mol. The quantitative estimate of drug-likeness (QED) is 0.606. The van der Waals surface area contributed by atoms with Gasteiger partial charge in [-0.3, -0.25) is 4.99 Å². The topological polar surface area (TPSA) is 38.7 Å². The van der Waals surface area contributed by atoms with Crippen LogP contribution in [-0.2, 0) is 9.53 Å². The molecule has 0 aliphatic heterocycles. The molecule has 0 aliphatic carbocycles. The molecule has 0 fully saturated rings. The number of hydrogen-bond acceptors (Lipinski definition) is 3. The molecule has 0 radical (unpaired) electrons. The van der Waals surface area contributed by atoms with Crippen LogP contribution in [0, 0.1) is 5.92 Å². The Morgan fingerprint density at radius 2 is 1.94 bits per heavy atom. The van der Waals surface area contributed by atoms with Crippen molar-refractivity contribution >= 4 is 23.8 Å². The predicted molar refractivity (Wildman–Crippen MR) is 74.3 cm³/mol. The van der Waals surface area contributed by atoms with Crippen molar-refractivity contribution in [2.45, 2.75) is 26.8 Å². The summed E-state index contributed by atoms with van der Waals surface area (Å²) in [4.78, 5) is 15.7. The van der Waals surface area contributed by atoms with E-state index in [1.165, 1.54) is 0 Å². The molecule has 1 atom stereocenters. The van der Waals surface area contributed by atoms with E-state index < -0.39 is 6.04 Å². The maximum absolute atomic E-state index is 11.6. The number of nitrogens with zero attached hydrogens (tertiary/aromatic N) is 1. The molecule has 0 saturated carbocycles. The number of benzene rings is 1. The van der Waals surface area contributed by atoms with Gasteiger partial charge in [0.2, 0.25) is 0 Å². The molecule has 1 aromatic carbocycles. The summed E-state index contributed by atoms with van der Waals surface area (Å²) in [6.45, 7) is 6.14. The first-order valence-electron chi connectivity index (χ1n) is 5.94. The second-order valence-electron chi connectivity index (χ2n) is 4.53. The van der Waals surface area contributed by atoms with Crippen molar-refractivity contribution in [3.63, 3.8) is 0 Å². The predicted octanol–water partition coefficient (Wildman–Crippen LogP) is 3.35. The summed E-state index contributed by atoms with van der Waals surface area (Å²) >= 11 is 5.78. The number of ether oxygens (including phenoxy) is 1. The Bertz CT molecular complexity index is 412. The molecule has 4 heteroatoms. The monoisotopic (exact) mass is 267 g/mol. The largest absolute Gasteiger partial charge is 0.464 e. The smallest absolute Gasteiger partial charge is 0.330 e. The van der Waals surface area contributed by atoms with E-state index in [0.717, 1.165) is 5.56 Å². The summed E-state index contributed by atoms with van der Waals surface area (Å²) in [6.07, 6.45) is 1.65. The van der Waals surface area contributed by atoms with Crippen molar-refractivity contribution in [2.75, 3.05) is 6.61 Å². The van der Waals surface area contributed by atoms with E-state index in [9.17, 15) is 4.79 Å². The highest BCUT2D eigenvalue weighted by atomic mass is 35.5. The third kappa shape index (κ3) is 5.32. The van der Waals surface area contributed by atoms with Crippen molar-refractivity contribution < 1.29 is 9.53 Å². The van der Waals surface area contributed by atoms with Gasteiger partial charge in [-0.15, -0.1) is 0 Å². The van der Waals surface area contributed by atoms with Crippen LogP contribution in [0.15, 0.2) is 29.3 Å². The second kappa shape index (κ2) is 7.17. The maximum Gasteiger partial charge on any atom is 0.330 e. The SMILES string of the molecule is CC(C)COC(=O)C(C)/N=C/c1ccc(Cl)cc1. The van der Waals surface area contributed by atoms with Crippen molar-refractivity contribution in [1.82, 2.24) is 0 Å². The standard InChI is InChI=1S/C14H18ClNO2/c1-10(2)9-18-14(17)11(3)16-8-12-4-6-13(15)7-5-12/h4-8,10-11H,9H2,1-3H3/b16-8+. The van der Waals surface area contributed by atoms with Crippen LogP contribution in [0.25, 0.3) is 0 Å². The van der Waals surface area contributed by atoms with Gasteiger partial charge < -0.3 is 4.74 Å². The fourth-order valence-electron chi connectivity index (χ4n) is 1.18. The first-order valence-corrected chi connectivity index (χ1v) is 6.32. The van der Waals surface area contributed by atoms with Crippen LogP contribution in [0.1, 0.15) is 26.3 Å². The molecule has 0 saturated heterocycles. The molecular formula is C14H18ClNO2. The molecule has 18 heavy (non-hydrogen) atoms. The number of aliphatic imine (C=N–C) groups is 1. The van der Waals surface area contributed by atoms with Crippen molar-refractivity contribution in [3.8, 4) is 0 Å². The molecule has 0 N–H and O–H groups in total. The van der Waals surface area contributed by atoms with Gasteiger partial charge in [-0.25, -0.2) is 4.79 Å². The Kier molecular flexibility index (Phi) is 5.86. The number of carbonyl (C=O) groups excluding carboxylic acids is 1. The zero-order valence-corrected chi connectivity index (χ0v) is 11.6. The molecule has 0 heterocycles. The molecule has 0 aliphatic rings. The van der Waals surface area contributed by atoms with E-state index in [0.29, 0.717) is 17.5 Å². The molecular weight excluding hydrogens is 250 g/mol. The Morgan fingerprint density at radius 1 is 1.33 bits per heavy atom. The Morgan fingerprint density at radius 3 is 2.50 bits per heavy atom. The van der Waals surface area contributed by atoms with Crippen LogP contribution in [0.2, 0.25) is 5.02 Å². The van der Waals surface area contributed by atoms with Crippen LogP contribution in [-0.4, -0.2) is 24.8 Å². The highest BCUT2D eigenvalue weighted by Crippen LogP contribution is 2.08. The van der Waals surface area contributed by atoms with Gasteiger partial charge >= 0.3 is 5.97 Å². The fourth-order valence-corrected chi connectivity index (χ4v) is 1.30. The lowest BCUT2D eigenvalue weighted by atomic mass is 10.2. The summed E-state index contributed by atoms with van der Waals surface area (Å²) in [5, 5.41) is 0.677. The molecule has 0 amide bonds. The minimum atomic E-state index is -0.487. The summed E-state index contributed by atoms with van der Waals surface area (Å²) in [5.41, 5.74) is 0.905. The zero-order valence-electron chi connectivity index (χ0n) is 10.9. The third-order valence-electron chi connectivity index (χ3n) is 2.22. The molecule has 0 spiro atoms. The molecule has 98 valence electrons. The number of hydrogen-bond donors (Lipinski definition) is 0. The van der Waals surface area contributed by atoms with E-state index >= 15 is 0 Å². The normalized spacial score (nSPS) is 12.9. The van der Waals surface area contributed by atoms with E-state index in [-0.39, 0.29) is 5.97 Å². The van der Waals surface area contributed by atoms with E-state index in [4.69, 9.17) is 16.3 Å². The van der Waals surface area contributed by atoms with Crippen LogP contribution in [0.5, 0.6) is 0 Å². The van der Waals surface area contributed by atoms with Crippen molar-refractivity contribution in [1.29, 1.82) is 0 Å². The lowest BCUT2D eigenvalue weighted by Gasteiger charge is -2.09. The Hall–Kier alpha value is -1.35. The van der Waals surface area contributed by atoms with Gasteiger partial charge in [0.25, 0.3) is 0 Å².